The predicted molar refractivity (Wildman–Crippen MR) is 75.7 cm³/mol. The highest BCUT2D eigenvalue weighted by Crippen LogP contribution is 2.15. The Morgan fingerprint density at radius 1 is 1.35 bits per heavy atom. The monoisotopic (exact) mass is 276 g/mol. The van der Waals surface area contributed by atoms with Crippen LogP contribution in [-0.4, -0.2) is 30.6 Å². The molecular weight excluding hydrogens is 260 g/mol. The molecule has 1 heterocycles. The van der Waals surface area contributed by atoms with E-state index in [9.17, 15) is 14.9 Å². The number of carbonyl (C=O) groups excluding carboxylic acids is 1. The average Bonchev–Trinajstić information content (AvgIpc) is 2.47. The summed E-state index contributed by atoms with van der Waals surface area (Å²) in [6.45, 7) is 2.28. The molecule has 2 rings (SSSR count). The Balaban J connectivity index is 1.81. The Bertz CT molecular complexity index is 525. The van der Waals surface area contributed by atoms with Gasteiger partial charge in [-0.25, -0.2) is 4.79 Å². The molecule has 106 valence electrons. The zero-order valence-corrected chi connectivity index (χ0v) is 10.9. The van der Waals surface area contributed by atoms with Gasteiger partial charge in [-0.05, 0) is 25.1 Å². The lowest BCUT2D eigenvalue weighted by molar-refractivity contribution is -0.384. The van der Waals surface area contributed by atoms with Crippen molar-refractivity contribution in [3.05, 3.63) is 46.0 Å². The molecule has 0 spiro atoms. The van der Waals surface area contributed by atoms with Crippen molar-refractivity contribution in [2.45, 2.75) is 6.42 Å². The highest BCUT2D eigenvalue weighted by Gasteiger charge is 2.07. The smallest absolute Gasteiger partial charge is 0.319 e. The van der Waals surface area contributed by atoms with E-state index in [1.807, 2.05) is 0 Å². The first kappa shape index (κ1) is 14.0. The number of hydrogen-bond acceptors (Lipinski definition) is 4. The van der Waals surface area contributed by atoms with Crippen LogP contribution < -0.4 is 16.0 Å². The van der Waals surface area contributed by atoms with E-state index in [0.717, 1.165) is 19.5 Å². The molecule has 0 unspecified atom stereocenters. The Morgan fingerprint density at radius 3 is 2.70 bits per heavy atom. The van der Waals surface area contributed by atoms with Crippen molar-refractivity contribution < 1.29 is 9.72 Å². The molecule has 7 nitrogen and oxygen atoms in total. The topological polar surface area (TPSA) is 96.3 Å². The van der Waals surface area contributed by atoms with Gasteiger partial charge in [0.05, 0.1) is 4.92 Å². The van der Waals surface area contributed by atoms with Gasteiger partial charge < -0.3 is 16.0 Å². The third-order valence-corrected chi connectivity index (χ3v) is 2.97. The molecular formula is C13H16N4O3. The number of nitrogens with zero attached hydrogens (tertiary/aromatic N) is 1. The van der Waals surface area contributed by atoms with Crippen molar-refractivity contribution in [3.8, 4) is 0 Å². The van der Waals surface area contributed by atoms with Gasteiger partial charge in [0.25, 0.3) is 5.69 Å². The zero-order valence-electron chi connectivity index (χ0n) is 10.9. The molecule has 0 aromatic heterocycles. The number of benzene rings is 1. The summed E-state index contributed by atoms with van der Waals surface area (Å²) in [5.74, 6) is 0. The summed E-state index contributed by atoms with van der Waals surface area (Å²) in [7, 11) is 0. The largest absolute Gasteiger partial charge is 0.334 e. The molecule has 0 atom stereocenters. The first-order valence-electron chi connectivity index (χ1n) is 6.33. The summed E-state index contributed by atoms with van der Waals surface area (Å²) >= 11 is 0. The first-order valence-corrected chi connectivity index (χ1v) is 6.33. The van der Waals surface area contributed by atoms with Crippen LogP contribution in [0.1, 0.15) is 6.42 Å². The summed E-state index contributed by atoms with van der Waals surface area (Å²) in [4.78, 5) is 21.7. The summed E-state index contributed by atoms with van der Waals surface area (Å²) < 4.78 is 0. The van der Waals surface area contributed by atoms with Crippen molar-refractivity contribution in [3.63, 3.8) is 0 Å². The highest BCUT2D eigenvalue weighted by atomic mass is 16.6. The molecule has 2 amide bonds. The minimum Gasteiger partial charge on any atom is -0.334 e. The predicted octanol–water partition coefficient (Wildman–Crippen LogP) is 1.64. The molecule has 0 saturated carbocycles. The Labute approximate surface area is 116 Å². The molecule has 0 saturated heterocycles. The molecule has 20 heavy (non-hydrogen) atoms. The van der Waals surface area contributed by atoms with Gasteiger partial charge >= 0.3 is 6.03 Å². The van der Waals surface area contributed by atoms with Crippen LogP contribution in [-0.2, 0) is 0 Å². The van der Waals surface area contributed by atoms with Gasteiger partial charge in [-0.3, -0.25) is 10.1 Å². The minimum atomic E-state index is -0.479. The van der Waals surface area contributed by atoms with Crippen LogP contribution in [0, 0.1) is 10.1 Å². The average molecular weight is 276 g/mol. The molecule has 0 fully saturated rings. The van der Waals surface area contributed by atoms with Gasteiger partial charge in [0, 0.05) is 30.9 Å². The summed E-state index contributed by atoms with van der Waals surface area (Å²) in [5.41, 5.74) is 1.71. The van der Waals surface area contributed by atoms with Crippen molar-refractivity contribution in [2.24, 2.45) is 0 Å². The quantitative estimate of drug-likeness (QED) is 0.442. The standard InChI is InChI=1S/C13H16N4O3/c18-13(15-9-10-5-7-14-8-6-10)16-11-1-3-12(4-2-11)17(19)20/h1-5,14H,6-9H2,(H2,15,16,18). The Hall–Kier alpha value is -2.41. The summed E-state index contributed by atoms with van der Waals surface area (Å²) in [6.07, 6.45) is 2.99. The van der Waals surface area contributed by atoms with Crippen LogP contribution in [0.3, 0.4) is 0 Å². The molecule has 1 aromatic rings. The number of rotatable bonds is 4. The van der Waals surface area contributed by atoms with E-state index in [4.69, 9.17) is 0 Å². The zero-order chi connectivity index (χ0) is 14.4. The van der Waals surface area contributed by atoms with E-state index in [1.165, 1.54) is 29.8 Å². The fraction of sp³-hybridized carbons (Fsp3) is 0.308. The van der Waals surface area contributed by atoms with E-state index in [-0.39, 0.29) is 11.7 Å². The summed E-state index contributed by atoms with van der Waals surface area (Å²) in [5, 5.41) is 19.1. The van der Waals surface area contributed by atoms with Crippen molar-refractivity contribution >= 4 is 17.4 Å². The number of anilines is 1. The number of nitrogens with one attached hydrogen (secondary N) is 3. The number of carbonyl (C=O) groups is 1. The molecule has 7 heteroatoms. The molecule has 3 N–H and O–H groups in total. The van der Waals surface area contributed by atoms with Crippen molar-refractivity contribution in [1.29, 1.82) is 0 Å². The van der Waals surface area contributed by atoms with E-state index >= 15 is 0 Å². The van der Waals surface area contributed by atoms with Crippen molar-refractivity contribution in [1.82, 2.24) is 10.6 Å². The number of urea groups is 1. The highest BCUT2D eigenvalue weighted by molar-refractivity contribution is 5.89. The summed E-state index contributed by atoms with van der Waals surface area (Å²) in [6, 6.07) is 5.39. The third kappa shape index (κ3) is 4.06. The fourth-order valence-electron chi connectivity index (χ4n) is 1.87. The fourth-order valence-corrected chi connectivity index (χ4v) is 1.87. The van der Waals surface area contributed by atoms with Gasteiger partial charge in [0.1, 0.15) is 0 Å². The van der Waals surface area contributed by atoms with Crippen LogP contribution in [0.5, 0.6) is 0 Å². The van der Waals surface area contributed by atoms with Crippen molar-refractivity contribution in [2.75, 3.05) is 25.0 Å². The third-order valence-electron chi connectivity index (χ3n) is 2.97. The lowest BCUT2D eigenvalue weighted by Gasteiger charge is -2.14. The van der Waals surface area contributed by atoms with E-state index in [2.05, 4.69) is 22.0 Å². The molecule has 0 aliphatic carbocycles. The molecule has 1 aromatic carbocycles. The minimum absolute atomic E-state index is 0.00387. The second-order valence-corrected chi connectivity index (χ2v) is 4.43. The maximum atomic E-state index is 11.7. The van der Waals surface area contributed by atoms with Crippen LogP contribution in [0.2, 0.25) is 0 Å². The number of amides is 2. The number of hydrogen-bond donors (Lipinski definition) is 3. The van der Waals surface area contributed by atoms with Crippen LogP contribution in [0.15, 0.2) is 35.9 Å². The van der Waals surface area contributed by atoms with Crippen LogP contribution in [0.4, 0.5) is 16.2 Å². The van der Waals surface area contributed by atoms with Crippen LogP contribution >= 0.6 is 0 Å². The van der Waals surface area contributed by atoms with Gasteiger partial charge in [-0.2, -0.15) is 0 Å². The first-order chi connectivity index (χ1) is 9.65. The number of non-ortho nitro benzene ring substituents is 1. The van der Waals surface area contributed by atoms with E-state index in [0.29, 0.717) is 12.2 Å². The molecule has 1 aliphatic rings. The van der Waals surface area contributed by atoms with Gasteiger partial charge in [0.15, 0.2) is 0 Å². The van der Waals surface area contributed by atoms with Crippen LogP contribution in [0.25, 0.3) is 0 Å². The van der Waals surface area contributed by atoms with E-state index < -0.39 is 4.92 Å². The number of nitro benzene ring substituents is 1. The molecule has 1 aliphatic heterocycles. The van der Waals surface area contributed by atoms with Gasteiger partial charge in [-0.1, -0.05) is 11.6 Å². The normalized spacial score (nSPS) is 14.3. The molecule has 0 radical (unpaired) electrons. The SMILES string of the molecule is O=C(NCC1=CCNCC1)Nc1ccc([N+](=O)[O-])cc1. The Morgan fingerprint density at radius 2 is 2.10 bits per heavy atom. The maximum Gasteiger partial charge on any atom is 0.319 e. The van der Waals surface area contributed by atoms with Gasteiger partial charge in [0.2, 0.25) is 0 Å². The van der Waals surface area contributed by atoms with E-state index in [1.54, 1.807) is 0 Å². The number of nitro groups is 1. The maximum absolute atomic E-state index is 11.7. The Kier molecular flexibility index (Phi) is 4.67. The molecule has 0 bridgehead atoms. The van der Waals surface area contributed by atoms with Gasteiger partial charge in [-0.15, -0.1) is 0 Å². The second-order valence-electron chi connectivity index (χ2n) is 4.43. The lowest BCUT2D eigenvalue weighted by atomic mass is 10.1. The lowest BCUT2D eigenvalue weighted by Crippen LogP contribution is -2.32. The second kappa shape index (κ2) is 6.67.